The Hall–Kier alpha value is -0.650. The molecule has 1 amide bonds. The van der Waals surface area contributed by atoms with E-state index in [4.69, 9.17) is 10.2 Å². The Morgan fingerprint density at radius 1 is 1.29 bits per heavy atom. The molecule has 0 fully saturated rings. The van der Waals surface area contributed by atoms with Gasteiger partial charge in [-0.15, -0.1) is 0 Å². The standard InChI is InChI=1S/C9H20N2O3/c1-10-4-5-11-9(14)3-2-8(6-12)7-13/h8,10,12-13H,2-7H2,1H3,(H,11,14). The van der Waals surface area contributed by atoms with E-state index < -0.39 is 0 Å². The summed E-state index contributed by atoms with van der Waals surface area (Å²) < 4.78 is 0. The average Bonchev–Trinajstić information content (AvgIpc) is 2.20. The zero-order valence-corrected chi connectivity index (χ0v) is 8.62. The number of amides is 1. The van der Waals surface area contributed by atoms with Crippen LogP contribution in [0.3, 0.4) is 0 Å². The van der Waals surface area contributed by atoms with Crippen LogP contribution in [0.4, 0.5) is 0 Å². The van der Waals surface area contributed by atoms with Gasteiger partial charge < -0.3 is 20.8 Å². The Balaban J connectivity index is 3.42. The summed E-state index contributed by atoms with van der Waals surface area (Å²) in [5, 5.41) is 23.1. The quantitative estimate of drug-likeness (QED) is 0.371. The maximum atomic E-state index is 11.2. The summed E-state index contributed by atoms with van der Waals surface area (Å²) in [6.45, 7) is 1.22. The lowest BCUT2D eigenvalue weighted by molar-refractivity contribution is -0.121. The van der Waals surface area contributed by atoms with Crippen LogP contribution >= 0.6 is 0 Å². The van der Waals surface area contributed by atoms with Gasteiger partial charge in [0.05, 0.1) is 0 Å². The SMILES string of the molecule is CNCCNC(=O)CCC(CO)CO. The molecule has 0 aliphatic heterocycles. The predicted octanol–water partition coefficient (Wildman–Crippen LogP) is -1.30. The highest BCUT2D eigenvalue weighted by molar-refractivity contribution is 5.75. The van der Waals surface area contributed by atoms with Crippen molar-refractivity contribution in [1.82, 2.24) is 10.6 Å². The lowest BCUT2D eigenvalue weighted by Crippen LogP contribution is -2.30. The fourth-order valence-electron chi connectivity index (χ4n) is 0.991. The molecule has 0 heterocycles. The van der Waals surface area contributed by atoms with E-state index in [-0.39, 0.29) is 25.0 Å². The summed E-state index contributed by atoms with van der Waals surface area (Å²) in [6, 6.07) is 0. The summed E-state index contributed by atoms with van der Waals surface area (Å²) in [5.74, 6) is -0.211. The number of hydrogen-bond acceptors (Lipinski definition) is 4. The van der Waals surface area contributed by atoms with Crippen LogP contribution in [-0.2, 0) is 4.79 Å². The topological polar surface area (TPSA) is 81.6 Å². The molecule has 14 heavy (non-hydrogen) atoms. The zero-order chi connectivity index (χ0) is 10.8. The van der Waals surface area contributed by atoms with Crippen LogP contribution in [-0.4, -0.2) is 49.5 Å². The highest BCUT2D eigenvalue weighted by Crippen LogP contribution is 2.03. The molecule has 5 heteroatoms. The highest BCUT2D eigenvalue weighted by Gasteiger charge is 2.08. The molecule has 5 nitrogen and oxygen atoms in total. The number of aliphatic hydroxyl groups excluding tert-OH is 2. The van der Waals surface area contributed by atoms with Crippen molar-refractivity contribution in [2.75, 3.05) is 33.4 Å². The van der Waals surface area contributed by atoms with Gasteiger partial charge in [0, 0.05) is 38.6 Å². The van der Waals surface area contributed by atoms with E-state index in [1.807, 2.05) is 7.05 Å². The largest absolute Gasteiger partial charge is 0.396 e. The molecule has 0 rings (SSSR count). The van der Waals surface area contributed by atoms with Crippen LogP contribution in [0.1, 0.15) is 12.8 Å². The van der Waals surface area contributed by atoms with Crippen molar-refractivity contribution in [2.24, 2.45) is 5.92 Å². The number of hydrogen-bond donors (Lipinski definition) is 4. The van der Waals surface area contributed by atoms with Crippen LogP contribution in [0, 0.1) is 5.92 Å². The van der Waals surface area contributed by atoms with Gasteiger partial charge in [-0.25, -0.2) is 0 Å². The Morgan fingerprint density at radius 3 is 2.43 bits per heavy atom. The summed E-state index contributed by atoms with van der Waals surface area (Å²) in [6.07, 6.45) is 0.883. The first-order valence-electron chi connectivity index (χ1n) is 4.87. The van der Waals surface area contributed by atoms with E-state index in [9.17, 15) is 4.79 Å². The monoisotopic (exact) mass is 204 g/mol. The summed E-state index contributed by atoms with van der Waals surface area (Å²) in [5.41, 5.74) is 0. The predicted molar refractivity (Wildman–Crippen MR) is 53.8 cm³/mol. The molecule has 0 aliphatic carbocycles. The molecule has 84 valence electrons. The third kappa shape index (κ3) is 6.82. The molecule has 0 bridgehead atoms. The van der Waals surface area contributed by atoms with Gasteiger partial charge in [-0.1, -0.05) is 0 Å². The molecule has 0 spiro atoms. The van der Waals surface area contributed by atoms with Crippen LogP contribution in [0.15, 0.2) is 0 Å². The Bertz CT molecular complexity index is 149. The van der Waals surface area contributed by atoms with E-state index in [0.29, 0.717) is 19.4 Å². The van der Waals surface area contributed by atoms with Gasteiger partial charge in [-0.05, 0) is 13.5 Å². The van der Waals surface area contributed by atoms with Gasteiger partial charge in [0.25, 0.3) is 0 Å². The summed E-state index contributed by atoms with van der Waals surface area (Å²) in [4.78, 5) is 11.2. The first-order chi connectivity index (χ1) is 6.74. The van der Waals surface area contributed by atoms with E-state index in [1.54, 1.807) is 0 Å². The summed E-state index contributed by atoms with van der Waals surface area (Å²) >= 11 is 0. The average molecular weight is 204 g/mol. The molecular weight excluding hydrogens is 184 g/mol. The van der Waals surface area contributed by atoms with Gasteiger partial charge >= 0.3 is 0 Å². The van der Waals surface area contributed by atoms with Crippen LogP contribution in [0.5, 0.6) is 0 Å². The molecule has 0 radical (unpaired) electrons. The number of likely N-dealkylation sites (N-methyl/N-ethyl adjacent to an activating group) is 1. The van der Waals surface area contributed by atoms with Crippen LogP contribution in [0.25, 0.3) is 0 Å². The Morgan fingerprint density at radius 2 is 1.93 bits per heavy atom. The van der Waals surface area contributed by atoms with Crippen molar-refractivity contribution >= 4 is 5.91 Å². The molecule has 4 N–H and O–H groups in total. The number of rotatable bonds is 8. The second-order valence-electron chi connectivity index (χ2n) is 3.22. The second kappa shape index (κ2) is 8.93. The molecule has 0 aromatic rings. The number of nitrogens with one attached hydrogen (secondary N) is 2. The third-order valence-corrected chi connectivity index (χ3v) is 1.99. The zero-order valence-electron chi connectivity index (χ0n) is 8.62. The first kappa shape index (κ1) is 13.4. The van der Waals surface area contributed by atoms with Crippen molar-refractivity contribution in [1.29, 1.82) is 0 Å². The van der Waals surface area contributed by atoms with Gasteiger partial charge in [-0.2, -0.15) is 0 Å². The molecular formula is C9H20N2O3. The van der Waals surface area contributed by atoms with Gasteiger partial charge in [0.15, 0.2) is 0 Å². The van der Waals surface area contributed by atoms with Gasteiger partial charge in [0.1, 0.15) is 0 Å². The van der Waals surface area contributed by atoms with Crippen molar-refractivity contribution in [2.45, 2.75) is 12.8 Å². The van der Waals surface area contributed by atoms with E-state index in [0.717, 1.165) is 6.54 Å². The lowest BCUT2D eigenvalue weighted by atomic mass is 10.1. The molecule has 0 saturated carbocycles. The van der Waals surface area contributed by atoms with Crippen molar-refractivity contribution in [3.63, 3.8) is 0 Å². The second-order valence-corrected chi connectivity index (χ2v) is 3.22. The number of aliphatic hydroxyl groups is 2. The smallest absolute Gasteiger partial charge is 0.220 e. The molecule has 0 aromatic heterocycles. The fraction of sp³-hybridized carbons (Fsp3) is 0.889. The first-order valence-corrected chi connectivity index (χ1v) is 4.87. The van der Waals surface area contributed by atoms with Crippen LogP contribution < -0.4 is 10.6 Å². The fourth-order valence-corrected chi connectivity index (χ4v) is 0.991. The van der Waals surface area contributed by atoms with E-state index in [1.165, 1.54) is 0 Å². The molecule has 0 atom stereocenters. The van der Waals surface area contributed by atoms with Gasteiger partial charge in [0.2, 0.25) is 5.91 Å². The minimum Gasteiger partial charge on any atom is -0.396 e. The van der Waals surface area contributed by atoms with E-state index in [2.05, 4.69) is 10.6 Å². The van der Waals surface area contributed by atoms with Crippen molar-refractivity contribution in [3.8, 4) is 0 Å². The number of carbonyl (C=O) groups is 1. The highest BCUT2D eigenvalue weighted by atomic mass is 16.3. The van der Waals surface area contributed by atoms with Gasteiger partial charge in [-0.3, -0.25) is 4.79 Å². The minimum absolute atomic E-state index is 0.0350. The molecule has 0 unspecified atom stereocenters. The molecule has 0 saturated heterocycles. The van der Waals surface area contributed by atoms with E-state index >= 15 is 0 Å². The maximum Gasteiger partial charge on any atom is 0.220 e. The minimum atomic E-state index is -0.176. The van der Waals surface area contributed by atoms with Crippen LogP contribution in [0.2, 0.25) is 0 Å². The lowest BCUT2D eigenvalue weighted by Gasteiger charge is -2.10. The molecule has 0 aliphatic rings. The van der Waals surface area contributed by atoms with Crippen molar-refractivity contribution in [3.05, 3.63) is 0 Å². The normalized spacial score (nSPS) is 10.6. The third-order valence-electron chi connectivity index (χ3n) is 1.99. The summed E-state index contributed by atoms with van der Waals surface area (Å²) in [7, 11) is 1.82. The van der Waals surface area contributed by atoms with Crippen molar-refractivity contribution < 1.29 is 15.0 Å². The number of carbonyl (C=O) groups excluding carboxylic acids is 1. The Kier molecular flexibility index (Phi) is 8.51. The molecule has 0 aromatic carbocycles. The maximum absolute atomic E-state index is 11.2. The Labute approximate surface area is 84.5 Å².